The third-order valence-corrected chi connectivity index (χ3v) is 8.23. The Morgan fingerprint density at radius 2 is 1.80 bits per heavy atom. The van der Waals surface area contributed by atoms with Crippen molar-refractivity contribution in [1.29, 1.82) is 0 Å². The largest absolute Gasteiger partial charge is 0.507 e. The highest BCUT2D eigenvalue weighted by molar-refractivity contribution is 7.22. The van der Waals surface area contributed by atoms with E-state index in [-0.39, 0.29) is 11.3 Å². The first-order valence-electron chi connectivity index (χ1n) is 13.8. The Labute approximate surface area is 241 Å². The number of benzene rings is 3. The van der Waals surface area contributed by atoms with Gasteiger partial charge in [-0.3, -0.25) is 14.5 Å². The molecule has 1 atom stereocenters. The summed E-state index contributed by atoms with van der Waals surface area (Å²) in [6.07, 6.45) is 3.16. The Kier molecular flexibility index (Phi) is 7.36. The molecule has 4 aromatic rings. The van der Waals surface area contributed by atoms with Crippen LogP contribution in [0, 0.1) is 6.92 Å². The standard InChI is InChI=1S/C32H30N2O6S/c1-3-4-5-14-38-22-10-7-20(8-11-22)28-27(29(35)21-9-13-24-25(18-21)40-16-15-39-24)30(36)31(37)34(28)32-33-23-12-6-19(2)17-26(23)41-32/h6-13,17-18,28,35H,3-5,14-16H2,1-2H3. The average Bonchev–Trinajstić information content (AvgIpc) is 3.52. The third-order valence-electron chi connectivity index (χ3n) is 7.21. The lowest BCUT2D eigenvalue weighted by Crippen LogP contribution is -2.29. The summed E-state index contributed by atoms with van der Waals surface area (Å²) in [6, 6.07) is 17.2. The summed E-state index contributed by atoms with van der Waals surface area (Å²) in [5.74, 6) is -0.0856. The van der Waals surface area contributed by atoms with E-state index in [0.717, 1.165) is 35.0 Å². The van der Waals surface area contributed by atoms with Crippen molar-refractivity contribution >= 4 is 44.1 Å². The number of carbonyl (C=O) groups excluding carboxylic acids is 2. The minimum Gasteiger partial charge on any atom is -0.507 e. The lowest BCUT2D eigenvalue weighted by molar-refractivity contribution is -0.132. The summed E-state index contributed by atoms with van der Waals surface area (Å²) in [5.41, 5.74) is 2.80. The van der Waals surface area contributed by atoms with Gasteiger partial charge in [-0.2, -0.15) is 0 Å². The van der Waals surface area contributed by atoms with Crippen molar-refractivity contribution in [3.05, 3.63) is 82.9 Å². The molecule has 3 heterocycles. The minimum atomic E-state index is -0.890. The maximum atomic E-state index is 13.6. The second-order valence-corrected chi connectivity index (χ2v) is 11.1. The van der Waals surface area contributed by atoms with Gasteiger partial charge in [0.25, 0.3) is 5.78 Å². The van der Waals surface area contributed by atoms with Gasteiger partial charge in [-0.15, -0.1) is 0 Å². The summed E-state index contributed by atoms with van der Waals surface area (Å²) < 4.78 is 18.1. The van der Waals surface area contributed by atoms with E-state index < -0.39 is 17.7 Å². The molecule has 0 aliphatic carbocycles. The van der Waals surface area contributed by atoms with Gasteiger partial charge in [-0.1, -0.05) is 49.3 Å². The van der Waals surface area contributed by atoms with Crippen molar-refractivity contribution in [2.45, 2.75) is 39.2 Å². The molecule has 3 aromatic carbocycles. The lowest BCUT2D eigenvalue weighted by Gasteiger charge is -2.23. The minimum absolute atomic E-state index is 0.0151. The molecule has 2 aliphatic rings. The van der Waals surface area contributed by atoms with Gasteiger partial charge in [0, 0.05) is 5.56 Å². The van der Waals surface area contributed by atoms with Crippen LogP contribution >= 0.6 is 11.3 Å². The molecule has 41 heavy (non-hydrogen) atoms. The van der Waals surface area contributed by atoms with Crippen LogP contribution in [0.15, 0.2) is 66.2 Å². The van der Waals surface area contributed by atoms with E-state index in [9.17, 15) is 14.7 Å². The number of unbranched alkanes of at least 4 members (excludes halogenated alkanes) is 2. The number of carbonyl (C=O) groups is 2. The molecule has 1 unspecified atom stereocenters. The predicted octanol–water partition coefficient (Wildman–Crippen LogP) is 6.57. The molecule has 210 valence electrons. The molecule has 0 saturated carbocycles. The molecule has 1 saturated heterocycles. The van der Waals surface area contributed by atoms with Gasteiger partial charge in [-0.25, -0.2) is 4.98 Å². The molecule has 6 rings (SSSR count). The van der Waals surface area contributed by atoms with Crippen LogP contribution in [0.3, 0.4) is 0 Å². The molecular formula is C32H30N2O6S. The Bertz CT molecular complexity index is 1660. The van der Waals surface area contributed by atoms with Crippen LogP contribution < -0.4 is 19.1 Å². The van der Waals surface area contributed by atoms with Crippen LogP contribution in [-0.4, -0.2) is 41.6 Å². The van der Waals surface area contributed by atoms with E-state index in [1.807, 2.05) is 49.4 Å². The first-order chi connectivity index (χ1) is 19.9. The number of Topliss-reactive ketones (excluding diaryl/α,β-unsaturated/α-hetero) is 1. The number of aliphatic hydroxyl groups is 1. The SMILES string of the molecule is CCCCCOc1ccc(C2C(=C(O)c3ccc4c(c3)OCCO4)C(=O)C(=O)N2c2nc3ccc(C)cc3s2)cc1. The molecule has 1 amide bonds. The Morgan fingerprint density at radius 3 is 2.59 bits per heavy atom. The zero-order chi connectivity index (χ0) is 28.5. The normalized spacial score (nSPS) is 17.8. The van der Waals surface area contributed by atoms with E-state index in [1.165, 1.54) is 16.2 Å². The number of aromatic nitrogens is 1. The van der Waals surface area contributed by atoms with Gasteiger partial charge in [0.05, 0.1) is 28.4 Å². The number of rotatable bonds is 8. The maximum absolute atomic E-state index is 13.6. The number of anilines is 1. The number of aliphatic hydroxyl groups excluding tert-OH is 1. The van der Waals surface area contributed by atoms with E-state index in [2.05, 4.69) is 6.92 Å². The van der Waals surface area contributed by atoms with Crippen molar-refractivity contribution in [3.63, 3.8) is 0 Å². The van der Waals surface area contributed by atoms with Gasteiger partial charge >= 0.3 is 5.91 Å². The van der Waals surface area contributed by atoms with E-state index in [4.69, 9.17) is 19.2 Å². The smallest absolute Gasteiger partial charge is 0.301 e. The number of amides is 1. The van der Waals surface area contributed by atoms with Gasteiger partial charge in [0.1, 0.15) is 24.7 Å². The maximum Gasteiger partial charge on any atom is 0.301 e. The summed E-state index contributed by atoms with van der Waals surface area (Å²) in [7, 11) is 0. The quantitative estimate of drug-likeness (QED) is 0.111. The second-order valence-electron chi connectivity index (χ2n) is 10.1. The van der Waals surface area contributed by atoms with Crippen molar-refractivity contribution < 1.29 is 28.9 Å². The van der Waals surface area contributed by atoms with Crippen LogP contribution in [0.25, 0.3) is 16.0 Å². The molecule has 1 fully saturated rings. The highest BCUT2D eigenvalue weighted by atomic mass is 32.1. The zero-order valence-electron chi connectivity index (χ0n) is 22.9. The van der Waals surface area contributed by atoms with Gasteiger partial charge < -0.3 is 19.3 Å². The third kappa shape index (κ3) is 5.13. The van der Waals surface area contributed by atoms with E-state index >= 15 is 0 Å². The van der Waals surface area contributed by atoms with Crippen molar-refractivity contribution in [1.82, 2.24) is 4.98 Å². The zero-order valence-corrected chi connectivity index (χ0v) is 23.7. The van der Waals surface area contributed by atoms with Gasteiger partial charge in [0.2, 0.25) is 0 Å². The Balaban J connectivity index is 1.44. The number of ether oxygens (including phenoxy) is 3. The number of thiazole rings is 1. The number of hydrogen-bond acceptors (Lipinski definition) is 8. The van der Waals surface area contributed by atoms with Crippen LogP contribution in [0.1, 0.15) is 48.9 Å². The fourth-order valence-electron chi connectivity index (χ4n) is 5.10. The molecule has 1 N–H and O–H groups in total. The fraction of sp³-hybridized carbons (Fsp3) is 0.281. The Hall–Kier alpha value is -4.37. The summed E-state index contributed by atoms with van der Waals surface area (Å²) >= 11 is 1.34. The van der Waals surface area contributed by atoms with Crippen molar-refractivity contribution in [3.8, 4) is 17.2 Å². The highest BCUT2D eigenvalue weighted by Gasteiger charge is 2.48. The summed E-state index contributed by atoms with van der Waals surface area (Å²) in [4.78, 5) is 33.3. The molecular weight excluding hydrogens is 540 g/mol. The van der Waals surface area contributed by atoms with Crippen LogP contribution in [-0.2, 0) is 9.59 Å². The van der Waals surface area contributed by atoms with Gasteiger partial charge in [0.15, 0.2) is 16.6 Å². The highest BCUT2D eigenvalue weighted by Crippen LogP contribution is 2.45. The number of hydrogen-bond donors (Lipinski definition) is 1. The topological polar surface area (TPSA) is 98.2 Å². The molecule has 0 radical (unpaired) electrons. The van der Waals surface area contributed by atoms with Gasteiger partial charge in [-0.05, 0) is 66.9 Å². The number of ketones is 1. The summed E-state index contributed by atoms with van der Waals surface area (Å²) in [6.45, 7) is 5.56. The molecule has 0 bridgehead atoms. The molecule has 0 spiro atoms. The van der Waals surface area contributed by atoms with E-state index in [0.29, 0.717) is 53.3 Å². The Morgan fingerprint density at radius 1 is 1.02 bits per heavy atom. The molecule has 1 aromatic heterocycles. The molecule has 8 nitrogen and oxygen atoms in total. The van der Waals surface area contributed by atoms with Crippen LogP contribution in [0.5, 0.6) is 17.2 Å². The molecule has 2 aliphatic heterocycles. The number of aryl methyl sites for hydroxylation is 1. The first kappa shape index (κ1) is 26.8. The lowest BCUT2D eigenvalue weighted by atomic mass is 9.95. The van der Waals surface area contributed by atoms with E-state index in [1.54, 1.807) is 18.2 Å². The van der Waals surface area contributed by atoms with Crippen molar-refractivity contribution in [2.24, 2.45) is 0 Å². The molecule has 9 heteroatoms. The average molecular weight is 571 g/mol. The monoisotopic (exact) mass is 570 g/mol. The fourth-order valence-corrected chi connectivity index (χ4v) is 6.19. The number of fused-ring (bicyclic) bond motifs is 2. The predicted molar refractivity (Wildman–Crippen MR) is 158 cm³/mol. The van der Waals surface area contributed by atoms with Crippen molar-refractivity contribution in [2.75, 3.05) is 24.7 Å². The van der Waals surface area contributed by atoms with Crippen LogP contribution in [0.2, 0.25) is 0 Å². The number of nitrogens with zero attached hydrogens (tertiary/aromatic N) is 2. The van der Waals surface area contributed by atoms with Crippen LogP contribution in [0.4, 0.5) is 5.13 Å². The second kappa shape index (κ2) is 11.2. The summed E-state index contributed by atoms with van der Waals surface area (Å²) in [5, 5.41) is 11.9. The first-order valence-corrected chi connectivity index (χ1v) is 14.6.